The van der Waals surface area contributed by atoms with Crippen LogP contribution >= 0.6 is 0 Å². The van der Waals surface area contributed by atoms with Crippen LogP contribution in [-0.2, 0) is 10.0 Å². The number of piperazine rings is 1. The summed E-state index contributed by atoms with van der Waals surface area (Å²) in [6.45, 7) is 8.58. The van der Waals surface area contributed by atoms with Crippen LogP contribution in [0.5, 0.6) is 0 Å². The lowest BCUT2D eigenvalue weighted by Gasteiger charge is -2.29. The Morgan fingerprint density at radius 2 is 1.70 bits per heavy atom. The normalized spacial score (nSPS) is 14.6. The molecule has 1 saturated heterocycles. The summed E-state index contributed by atoms with van der Waals surface area (Å²) in [5, 5.41) is 7.39. The number of hydrogen-bond acceptors (Lipinski definition) is 7. The van der Waals surface area contributed by atoms with E-state index in [1.165, 1.54) is 17.8 Å². The first-order valence-corrected chi connectivity index (χ1v) is 13.6. The molecule has 194 valence electrons. The second-order valence-electron chi connectivity index (χ2n) is 9.95. The molecule has 0 spiro atoms. The van der Waals surface area contributed by atoms with Gasteiger partial charge in [-0.05, 0) is 69.3 Å². The van der Waals surface area contributed by atoms with Gasteiger partial charge in [-0.25, -0.2) is 17.8 Å². The Kier molecular flexibility index (Phi) is 6.50. The van der Waals surface area contributed by atoms with Crippen LogP contribution in [0.2, 0.25) is 0 Å². The SMILES string of the molecule is CC(C)(C)S(=O)(=O)Nc1cc(-n2ccc3cnc(Nc4ccc(N5CCNCC5)cc4)nc32)ccc1F. The van der Waals surface area contributed by atoms with Crippen molar-refractivity contribution in [2.45, 2.75) is 25.5 Å². The molecule has 3 heterocycles. The topological polar surface area (TPSA) is 104 Å². The highest BCUT2D eigenvalue weighted by Gasteiger charge is 2.29. The Hall–Kier alpha value is -3.70. The summed E-state index contributed by atoms with van der Waals surface area (Å²) in [5.74, 6) is -0.243. The van der Waals surface area contributed by atoms with E-state index in [4.69, 9.17) is 0 Å². The molecule has 3 N–H and O–H groups in total. The third-order valence-electron chi connectivity index (χ3n) is 6.31. The van der Waals surface area contributed by atoms with Crippen molar-refractivity contribution in [1.82, 2.24) is 19.9 Å². The van der Waals surface area contributed by atoms with E-state index in [2.05, 4.69) is 42.4 Å². The quantitative estimate of drug-likeness (QED) is 0.347. The molecular weight excluding hydrogens is 493 g/mol. The maximum atomic E-state index is 14.5. The van der Waals surface area contributed by atoms with Crippen LogP contribution < -0.4 is 20.3 Å². The summed E-state index contributed by atoms with van der Waals surface area (Å²) in [4.78, 5) is 11.4. The minimum Gasteiger partial charge on any atom is -0.369 e. The van der Waals surface area contributed by atoms with Gasteiger partial charge in [-0.15, -0.1) is 0 Å². The van der Waals surface area contributed by atoms with Gasteiger partial charge in [-0.3, -0.25) is 4.72 Å². The van der Waals surface area contributed by atoms with Gasteiger partial charge in [-0.1, -0.05) is 0 Å². The fraction of sp³-hybridized carbons (Fsp3) is 0.308. The number of hydrogen-bond donors (Lipinski definition) is 3. The van der Waals surface area contributed by atoms with Gasteiger partial charge in [0.15, 0.2) is 0 Å². The summed E-state index contributed by atoms with van der Waals surface area (Å²) in [6.07, 6.45) is 3.50. The second kappa shape index (κ2) is 9.64. The average Bonchev–Trinajstić information content (AvgIpc) is 3.29. The number of nitrogens with one attached hydrogen (secondary N) is 3. The van der Waals surface area contributed by atoms with Crippen molar-refractivity contribution in [1.29, 1.82) is 0 Å². The lowest BCUT2D eigenvalue weighted by atomic mass is 10.2. The molecule has 0 saturated carbocycles. The molecule has 0 atom stereocenters. The van der Waals surface area contributed by atoms with Crippen LogP contribution in [0, 0.1) is 5.82 Å². The lowest BCUT2D eigenvalue weighted by Crippen LogP contribution is -2.43. The minimum absolute atomic E-state index is 0.119. The monoisotopic (exact) mass is 523 g/mol. The van der Waals surface area contributed by atoms with E-state index in [1.54, 1.807) is 43.8 Å². The number of fused-ring (bicyclic) bond motifs is 1. The van der Waals surface area contributed by atoms with Crippen LogP contribution in [-0.4, -0.2) is 53.9 Å². The van der Waals surface area contributed by atoms with Crippen LogP contribution in [0.25, 0.3) is 16.7 Å². The van der Waals surface area contributed by atoms with Crippen molar-refractivity contribution in [3.8, 4) is 5.69 Å². The molecule has 0 unspecified atom stereocenters. The van der Waals surface area contributed by atoms with Gasteiger partial charge in [-0.2, -0.15) is 4.98 Å². The van der Waals surface area contributed by atoms with Crippen molar-refractivity contribution in [2.24, 2.45) is 0 Å². The number of anilines is 4. The summed E-state index contributed by atoms with van der Waals surface area (Å²) in [5.41, 5.74) is 3.08. The number of sulfonamides is 1. The molecule has 0 aliphatic carbocycles. The zero-order valence-electron chi connectivity index (χ0n) is 21.0. The molecule has 9 nitrogen and oxygen atoms in total. The number of halogens is 1. The fourth-order valence-electron chi connectivity index (χ4n) is 4.03. The lowest BCUT2D eigenvalue weighted by molar-refractivity contribution is 0.564. The third kappa shape index (κ3) is 5.23. The predicted molar refractivity (Wildman–Crippen MR) is 146 cm³/mol. The standard InChI is InChI=1S/C26H30FN7O2S/c1-26(2,3)37(35,36)32-23-16-21(8-9-22(23)27)34-13-10-18-17-29-25(31-24(18)34)30-19-4-6-20(7-5-19)33-14-11-28-12-15-33/h4-10,13,16-17,28,32H,11-12,14-15H2,1-3H3,(H,29,30,31). The maximum Gasteiger partial charge on any atom is 0.237 e. The Morgan fingerprint density at radius 3 is 2.41 bits per heavy atom. The highest BCUT2D eigenvalue weighted by atomic mass is 32.2. The van der Waals surface area contributed by atoms with Gasteiger partial charge >= 0.3 is 0 Å². The molecule has 4 aromatic rings. The summed E-state index contributed by atoms with van der Waals surface area (Å²) in [7, 11) is -3.79. The predicted octanol–water partition coefficient (Wildman–Crippen LogP) is 4.25. The third-order valence-corrected chi connectivity index (χ3v) is 8.41. The smallest absolute Gasteiger partial charge is 0.237 e. The Labute approximate surface area is 215 Å². The Balaban J connectivity index is 1.41. The van der Waals surface area contributed by atoms with E-state index in [0.29, 0.717) is 17.3 Å². The van der Waals surface area contributed by atoms with E-state index >= 15 is 0 Å². The highest BCUT2D eigenvalue weighted by molar-refractivity contribution is 7.94. The highest BCUT2D eigenvalue weighted by Crippen LogP contribution is 2.27. The van der Waals surface area contributed by atoms with Gasteiger partial charge in [0, 0.05) is 61.0 Å². The molecule has 11 heteroatoms. The van der Waals surface area contributed by atoms with E-state index in [1.807, 2.05) is 18.2 Å². The van der Waals surface area contributed by atoms with Gasteiger partial charge in [0.1, 0.15) is 11.5 Å². The molecule has 0 radical (unpaired) electrons. The molecule has 1 aliphatic rings. The molecule has 0 amide bonds. The van der Waals surface area contributed by atoms with Crippen molar-refractivity contribution in [3.05, 3.63) is 66.7 Å². The first-order chi connectivity index (χ1) is 17.6. The molecule has 1 fully saturated rings. The van der Waals surface area contributed by atoms with Crippen LogP contribution in [0.15, 0.2) is 60.9 Å². The first kappa shape index (κ1) is 25.0. The van der Waals surface area contributed by atoms with Gasteiger partial charge in [0.05, 0.1) is 10.4 Å². The van der Waals surface area contributed by atoms with E-state index in [9.17, 15) is 12.8 Å². The van der Waals surface area contributed by atoms with Crippen molar-refractivity contribution in [3.63, 3.8) is 0 Å². The maximum absolute atomic E-state index is 14.5. The van der Waals surface area contributed by atoms with Gasteiger partial charge in [0.25, 0.3) is 0 Å². The number of rotatable bonds is 6. The van der Waals surface area contributed by atoms with E-state index in [-0.39, 0.29) is 5.69 Å². The van der Waals surface area contributed by atoms with Gasteiger partial charge in [0.2, 0.25) is 16.0 Å². The largest absolute Gasteiger partial charge is 0.369 e. The number of nitrogens with zero attached hydrogens (tertiary/aromatic N) is 4. The molecule has 2 aromatic heterocycles. The number of benzene rings is 2. The number of aromatic nitrogens is 3. The molecule has 0 bridgehead atoms. The molecule has 37 heavy (non-hydrogen) atoms. The van der Waals surface area contributed by atoms with Crippen LogP contribution in [0.1, 0.15) is 20.8 Å². The zero-order chi connectivity index (χ0) is 26.2. The van der Waals surface area contributed by atoms with Crippen molar-refractivity contribution in [2.75, 3.05) is 41.1 Å². The summed E-state index contributed by atoms with van der Waals surface area (Å²) < 4.78 is 42.8. The summed E-state index contributed by atoms with van der Waals surface area (Å²) in [6, 6.07) is 14.3. The first-order valence-electron chi connectivity index (χ1n) is 12.1. The summed E-state index contributed by atoms with van der Waals surface area (Å²) >= 11 is 0. The van der Waals surface area contributed by atoms with Crippen molar-refractivity contribution < 1.29 is 12.8 Å². The molecular formula is C26H30FN7O2S. The Morgan fingerprint density at radius 1 is 1.00 bits per heavy atom. The van der Waals surface area contributed by atoms with E-state index < -0.39 is 20.6 Å². The van der Waals surface area contributed by atoms with E-state index in [0.717, 1.165) is 37.3 Å². The van der Waals surface area contributed by atoms with Crippen LogP contribution in [0.3, 0.4) is 0 Å². The average molecular weight is 524 g/mol. The zero-order valence-corrected chi connectivity index (χ0v) is 21.8. The fourth-order valence-corrected chi connectivity index (χ4v) is 4.79. The van der Waals surface area contributed by atoms with Crippen LogP contribution in [0.4, 0.5) is 27.4 Å². The molecule has 1 aliphatic heterocycles. The van der Waals surface area contributed by atoms with Gasteiger partial charge < -0.3 is 20.1 Å². The Bertz CT molecular complexity index is 1520. The minimum atomic E-state index is -3.79. The molecule has 5 rings (SSSR count). The second-order valence-corrected chi connectivity index (χ2v) is 12.4. The molecule has 2 aromatic carbocycles. The van der Waals surface area contributed by atoms with Crippen molar-refractivity contribution >= 4 is 44.1 Å².